The summed E-state index contributed by atoms with van der Waals surface area (Å²) >= 11 is 0. The maximum absolute atomic E-state index is 3.75. The minimum absolute atomic E-state index is 0.926. The van der Waals surface area contributed by atoms with Crippen molar-refractivity contribution in [3.05, 3.63) is 60.7 Å². The van der Waals surface area contributed by atoms with Crippen molar-refractivity contribution in [1.29, 1.82) is 0 Å². The molecule has 2 rings (SSSR count). The van der Waals surface area contributed by atoms with Gasteiger partial charge in [0.25, 0.3) is 0 Å². The van der Waals surface area contributed by atoms with Crippen molar-refractivity contribution in [2.75, 3.05) is 0 Å². The fraction of sp³-hybridized carbons (Fsp3) is 0.0769. The molecule has 0 fully saturated rings. The van der Waals surface area contributed by atoms with Crippen LogP contribution in [0.4, 0.5) is 0 Å². The molecule has 0 spiro atoms. The van der Waals surface area contributed by atoms with Crippen molar-refractivity contribution in [3.63, 3.8) is 0 Å². The summed E-state index contributed by atoms with van der Waals surface area (Å²) in [6, 6.07) is 15.6. The predicted octanol–water partition coefficient (Wildman–Crippen LogP) is 3.37. The number of rotatable bonds is 2. The zero-order valence-electron chi connectivity index (χ0n) is 7.46. The SMILES string of the molecule is C=CCc1cccc2[c]cccc12. The first-order valence-corrected chi connectivity index (χ1v) is 4.41. The molecule has 0 bridgehead atoms. The van der Waals surface area contributed by atoms with Crippen molar-refractivity contribution >= 4 is 10.8 Å². The maximum Gasteiger partial charge on any atom is -0.00940 e. The largest absolute Gasteiger partial charge is 0.103 e. The van der Waals surface area contributed by atoms with Crippen molar-refractivity contribution in [1.82, 2.24) is 0 Å². The summed E-state index contributed by atoms with van der Waals surface area (Å²) in [6.45, 7) is 3.75. The molecule has 0 aliphatic rings. The summed E-state index contributed by atoms with van der Waals surface area (Å²) in [5.41, 5.74) is 1.32. The summed E-state index contributed by atoms with van der Waals surface area (Å²) < 4.78 is 0. The lowest BCUT2D eigenvalue weighted by Crippen LogP contribution is -1.82. The quantitative estimate of drug-likeness (QED) is 0.601. The Morgan fingerprint density at radius 2 is 2.15 bits per heavy atom. The molecule has 0 heterocycles. The third kappa shape index (κ3) is 1.48. The Labute approximate surface area is 78.5 Å². The van der Waals surface area contributed by atoms with E-state index in [-0.39, 0.29) is 0 Å². The van der Waals surface area contributed by atoms with Crippen LogP contribution < -0.4 is 0 Å². The molecule has 0 aliphatic heterocycles. The van der Waals surface area contributed by atoms with Gasteiger partial charge in [0.2, 0.25) is 0 Å². The van der Waals surface area contributed by atoms with Gasteiger partial charge in [0, 0.05) is 0 Å². The second kappa shape index (κ2) is 3.44. The van der Waals surface area contributed by atoms with Crippen molar-refractivity contribution in [2.24, 2.45) is 0 Å². The molecule has 0 nitrogen and oxygen atoms in total. The molecule has 0 N–H and O–H groups in total. The molecule has 0 aliphatic carbocycles. The number of benzene rings is 2. The molecule has 0 unspecified atom stereocenters. The minimum atomic E-state index is 0.926. The maximum atomic E-state index is 3.75. The Hall–Kier alpha value is -1.56. The van der Waals surface area contributed by atoms with Gasteiger partial charge in [-0.25, -0.2) is 0 Å². The lowest BCUT2D eigenvalue weighted by Gasteiger charge is -2.02. The first-order valence-electron chi connectivity index (χ1n) is 4.41. The number of allylic oxidation sites excluding steroid dienone is 1. The van der Waals surface area contributed by atoms with Crippen LogP contribution in [0, 0.1) is 6.07 Å². The van der Waals surface area contributed by atoms with Gasteiger partial charge in [-0.1, -0.05) is 42.5 Å². The van der Waals surface area contributed by atoms with Crippen LogP contribution in [0.25, 0.3) is 10.8 Å². The van der Waals surface area contributed by atoms with Gasteiger partial charge in [-0.15, -0.1) is 6.58 Å². The molecule has 0 amide bonds. The second-order valence-electron chi connectivity index (χ2n) is 3.04. The van der Waals surface area contributed by atoms with E-state index in [1.165, 1.54) is 16.3 Å². The summed E-state index contributed by atoms with van der Waals surface area (Å²) in [4.78, 5) is 0. The minimum Gasteiger partial charge on any atom is -0.103 e. The van der Waals surface area contributed by atoms with Gasteiger partial charge in [0.1, 0.15) is 0 Å². The number of hydrogen-bond donors (Lipinski definition) is 0. The third-order valence-electron chi connectivity index (χ3n) is 2.16. The fourth-order valence-electron chi connectivity index (χ4n) is 1.55. The van der Waals surface area contributed by atoms with E-state index >= 15 is 0 Å². The van der Waals surface area contributed by atoms with Gasteiger partial charge in [-0.05, 0) is 28.8 Å². The molecule has 0 atom stereocenters. The summed E-state index contributed by atoms with van der Waals surface area (Å²) in [5.74, 6) is 0. The second-order valence-corrected chi connectivity index (χ2v) is 3.04. The van der Waals surface area contributed by atoms with E-state index < -0.39 is 0 Å². The van der Waals surface area contributed by atoms with Crippen LogP contribution in [0.15, 0.2) is 49.1 Å². The highest BCUT2D eigenvalue weighted by Gasteiger charge is 1.96. The van der Waals surface area contributed by atoms with Crippen LogP contribution in [0.1, 0.15) is 5.56 Å². The Morgan fingerprint density at radius 3 is 3.00 bits per heavy atom. The van der Waals surface area contributed by atoms with Gasteiger partial charge in [-0.3, -0.25) is 0 Å². The van der Waals surface area contributed by atoms with E-state index in [4.69, 9.17) is 0 Å². The van der Waals surface area contributed by atoms with Crippen LogP contribution in [-0.4, -0.2) is 0 Å². The molecule has 1 radical (unpaired) electrons. The molecule has 0 saturated heterocycles. The van der Waals surface area contributed by atoms with E-state index in [9.17, 15) is 0 Å². The average molecular weight is 167 g/mol. The normalized spacial score (nSPS) is 10.2. The molecule has 63 valence electrons. The predicted molar refractivity (Wildman–Crippen MR) is 56.7 cm³/mol. The molecule has 2 aromatic rings. The lowest BCUT2D eigenvalue weighted by atomic mass is 10.0. The number of hydrogen-bond acceptors (Lipinski definition) is 0. The van der Waals surface area contributed by atoms with Crippen molar-refractivity contribution in [3.8, 4) is 0 Å². The first kappa shape index (κ1) is 8.06. The molecular weight excluding hydrogens is 156 g/mol. The van der Waals surface area contributed by atoms with Gasteiger partial charge < -0.3 is 0 Å². The van der Waals surface area contributed by atoms with Crippen molar-refractivity contribution < 1.29 is 0 Å². The van der Waals surface area contributed by atoms with E-state index in [0.717, 1.165) is 6.42 Å². The molecule has 0 heteroatoms. The zero-order valence-corrected chi connectivity index (χ0v) is 7.46. The molecule has 0 saturated carbocycles. The molecular formula is C13H11. The summed E-state index contributed by atoms with van der Waals surface area (Å²) in [7, 11) is 0. The topological polar surface area (TPSA) is 0 Å². The van der Waals surface area contributed by atoms with Crippen LogP contribution >= 0.6 is 0 Å². The Balaban J connectivity index is 2.68. The Bertz CT molecular complexity index is 421. The highest BCUT2D eigenvalue weighted by molar-refractivity contribution is 5.85. The summed E-state index contributed by atoms with van der Waals surface area (Å²) in [5, 5.41) is 2.46. The Morgan fingerprint density at radius 1 is 1.23 bits per heavy atom. The first-order chi connectivity index (χ1) is 6.42. The molecule has 0 aromatic heterocycles. The lowest BCUT2D eigenvalue weighted by molar-refractivity contribution is 1.31. The van der Waals surface area contributed by atoms with Crippen LogP contribution in [0.3, 0.4) is 0 Å². The van der Waals surface area contributed by atoms with E-state index in [1.807, 2.05) is 18.2 Å². The summed E-state index contributed by atoms with van der Waals surface area (Å²) in [6.07, 6.45) is 2.86. The van der Waals surface area contributed by atoms with Gasteiger partial charge in [0.05, 0.1) is 0 Å². The highest BCUT2D eigenvalue weighted by atomic mass is 14.0. The fourth-order valence-corrected chi connectivity index (χ4v) is 1.55. The van der Waals surface area contributed by atoms with Gasteiger partial charge in [-0.2, -0.15) is 0 Å². The van der Waals surface area contributed by atoms with E-state index in [0.29, 0.717) is 0 Å². The van der Waals surface area contributed by atoms with Gasteiger partial charge >= 0.3 is 0 Å². The van der Waals surface area contributed by atoms with Crippen LogP contribution in [0.5, 0.6) is 0 Å². The van der Waals surface area contributed by atoms with Crippen LogP contribution in [0.2, 0.25) is 0 Å². The van der Waals surface area contributed by atoms with Gasteiger partial charge in [0.15, 0.2) is 0 Å². The van der Waals surface area contributed by atoms with E-state index in [2.05, 4.69) is 36.9 Å². The molecule has 2 aromatic carbocycles. The smallest absolute Gasteiger partial charge is 0.00940 e. The zero-order chi connectivity index (χ0) is 9.10. The average Bonchev–Trinajstić information content (AvgIpc) is 2.19. The number of fused-ring (bicyclic) bond motifs is 1. The standard InChI is InChI=1S/C13H11/c1-2-6-11-8-5-9-12-7-3-4-10-13(11)12/h2-5,8-10H,1,6H2. The third-order valence-corrected chi connectivity index (χ3v) is 2.16. The van der Waals surface area contributed by atoms with Crippen molar-refractivity contribution in [2.45, 2.75) is 6.42 Å². The molecule has 13 heavy (non-hydrogen) atoms. The Kier molecular flexibility index (Phi) is 2.13. The van der Waals surface area contributed by atoms with E-state index in [1.54, 1.807) is 0 Å². The highest BCUT2D eigenvalue weighted by Crippen LogP contribution is 2.18. The van der Waals surface area contributed by atoms with Crippen LogP contribution in [-0.2, 0) is 6.42 Å². The monoisotopic (exact) mass is 167 g/mol.